The second-order valence-corrected chi connectivity index (χ2v) is 9.99. The third-order valence-electron chi connectivity index (χ3n) is 5.72. The van der Waals surface area contributed by atoms with Gasteiger partial charge in [-0.1, -0.05) is 32.9 Å². The van der Waals surface area contributed by atoms with E-state index in [-0.39, 0.29) is 21.8 Å². The highest BCUT2D eigenvalue weighted by molar-refractivity contribution is 7.92. The van der Waals surface area contributed by atoms with Gasteiger partial charge in [-0.25, -0.2) is 8.42 Å². The zero-order valence-electron chi connectivity index (χ0n) is 19.6. The van der Waals surface area contributed by atoms with Crippen LogP contribution in [0.4, 0.5) is 5.69 Å². The summed E-state index contributed by atoms with van der Waals surface area (Å²) in [5, 5.41) is 0.171. The maximum Gasteiger partial charge on any atom is 0.264 e. The number of hydrogen-bond acceptors (Lipinski definition) is 4. The maximum absolute atomic E-state index is 13.3. The first-order valence-electron chi connectivity index (χ1n) is 11.3. The second-order valence-electron chi connectivity index (χ2n) is 8.02. The molecular formula is C25H31N3O4S. The fourth-order valence-corrected chi connectivity index (χ4v) is 5.00. The molecule has 0 bridgehead atoms. The van der Waals surface area contributed by atoms with Crippen LogP contribution in [0.2, 0.25) is 0 Å². The van der Waals surface area contributed by atoms with Crippen molar-refractivity contribution in [3.8, 4) is 0 Å². The molecule has 1 heterocycles. The number of carbonyl (C=O) groups is 1. The van der Waals surface area contributed by atoms with E-state index in [4.69, 9.17) is 0 Å². The van der Waals surface area contributed by atoms with Crippen molar-refractivity contribution in [2.45, 2.75) is 44.9 Å². The lowest BCUT2D eigenvalue weighted by Gasteiger charge is -2.21. The Bertz CT molecular complexity index is 1290. The van der Waals surface area contributed by atoms with Gasteiger partial charge in [0.15, 0.2) is 0 Å². The van der Waals surface area contributed by atoms with Gasteiger partial charge in [-0.15, -0.1) is 0 Å². The molecule has 0 radical (unpaired) electrons. The van der Waals surface area contributed by atoms with Gasteiger partial charge in [0.1, 0.15) is 5.56 Å². The van der Waals surface area contributed by atoms with E-state index >= 15 is 0 Å². The highest BCUT2D eigenvalue weighted by atomic mass is 32.2. The number of carbonyl (C=O) groups excluding carboxylic acids is 1. The van der Waals surface area contributed by atoms with E-state index in [2.05, 4.69) is 4.98 Å². The lowest BCUT2D eigenvalue weighted by molar-refractivity contribution is 0.0754. The van der Waals surface area contributed by atoms with E-state index in [9.17, 15) is 18.0 Å². The van der Waals surface area contributed by atoms with Gasteiger partial charge in [-0.3, -0.25) is 13.9 Å². The van der Waals surface area contributed by atoms with E-state index < -0.39 is 15.5 Å². The van der Waals surface area contributed by atoms with Crippen LogP contribution in [0.5, 0.6) is 0 Å². The average Bonchev–Trinajstić information content (AvgIpc) is 2.83. The molecule has 0 unspecified atom stereocenters. The van der Waals surface area contributed by atoms with Gasteiger partial charge in [0.25, 0.3) is 15.9 Å². The first kappa shape index (κ1) is 24.5. The molecular weight excluding hydrogens is 438 g/mol. The first-order chi connectivity index (χ1) is 15.7. The lowest BCUT2D eigenvalue weighted by Crippen LogP contribution is -2.35. The van der Waals surface area contributed by atoms with E-state index in [1.54, 1.807) is 23.1 Å². The molecule has 3 rings (SSSR count). The van der Waals surface area contributed by atoms with Gasteiger partial charge < -0.3 is 9.88 Å². The summed E-state index contributed by atoms with van der Waals surface area (Å²) in [5.74, 6) is -0.344. The Labute approximate surface area is 195 Å². The minimum Gasteiger partial charge on any atom is -0.360 e. The van der Waals surface area contributed by atoms with Crippen LogP contribution in [-0.2, 0) is 16.4 Å². The highest BCUT2D eigenvalue weighted by Gasteiger charge is 2.24. The van der Waals surface area contributed by atoms with Crippen molar-refractivity contribution in [2.75, 3.05) is 24.4 Å². The van der Waals surface area contributed by atoms with Crippen molar-refractivity contribution in [1.82, 2.24) is 9.88 Å². The monoisotopic (exact) mass is 469 g/mol. The molecule has 1 amide bonds. The number of rotatable bonds is 9. The zero-order valence-corrected chi connectivity index (χ0v) is 20.4. The van der Waals surface area contributed by atoms with Crippen molar-refractivity contribution in [3.05, 3.63) is 70.0 Å². The van der Waals surface area contributed by atoms with Crippen LogP contribution in [0.25, 0.3) is 10.9 Å². The summed E-state index contributed by atoms with van der Waals surface area (Å²) in [6.45, 7) is 7.10. The average molecular weight is 470 g/mol. The quantitative estimate of drug-likeness (QED) is 0.509. The predicted octanol–water partition coefficient (Wildman–Crippen LogP) is 4.18. The Morgan fingerprint density at radius 3 is 2.18 bits per heavy atom. The van der Waals surface area contributed by atoms with Crippen molar-refractivity contribution in [1.29, 1.82) is 0 Å². The Kier molecular flexibility index (Phi) is 7.58. The van der Waals surface area contributed by atoms with E-state index in [0.717, 1.165) is 24.8 Å². The van der Waals surface area contributed by atoms with Gasteiger partial charge >= 0.3 is 0 Å². The SMILES string of the molecule is CCCN(CCC)C(=O)c1c[nH]c2ccc(S(=O)(=O)N(C)c3ccc(CC)cc3)cc2c1=O. The Balaban J connectivity index is 2.03. The third-order valence-corrected chi connectivity index (χ3v) is 7.51. The minimum atomic E-state index is -3.90. The van der Waals surface area contributed by atoms with Gasteiger partial charge in [-0.05, 0) is 55.2 Å². The van der Waals surface area contributed by atoms with E-state index in [0.29, 0.717) is 24.3 Å². The van der Waals surface area contributed by atoms with Crippen LogP contribution >= 0.6 is 0 Å². The third kappa shape index (κ3) is 4.95. The van der Waals surface area contributed by atoms with Crippen LogP contribution in [0.1, 0.15) is 49.5 Å². The molecule has 0 saturated carbocycles. The number of pyridine rings is 1. The number of anilines is 1. The topological polar surface area (TPSA) is 90.6 Å². The number of nitrogens with one attached hydrogen (secondary N) is 1. The molecule has 2 aromatic carbocycles. The molecule has 1 aromatic heterocycles. The Hall–Kier alpha value is -3.13. The molecule has 0 aliphatic rings. The summed E-state index contributed by atoms with van der Waals surface area (Å²) < 4.78 is 27.8. The molecule has 33 heavy (non-hydrogen) atoms. The zero-order chi connectivity index (χ0) is 24.2. The van der Waals surface area contributed by atoms with E-state index in [1.807, 2.05) is 32.9 Å². The molecule has 0 aliphatic heterocycles. The lowest BCUT2D eigenvalue weighted by atomic mass is 10.1. The number of aromatic nitrogens is 1. The number of aryl methyl sites for hydroxylation is 1. The summed E-state index contributed by atoms with van der Waals surface area (Å²) in [5.41, 5.74) is 1.66. The molecule has 1 N–H and O–H groups in total. The number of nitrogens with zero attached hydrogens (tertiary/aromatic N) is 2. The second kappa shape index (κ2) is 10.2. The van der Waals surface area contributed by atoms with Gasteiger partial charge in [0.05, 0.1) is 10.6 Å². The van der Waals surface area contributed by atoms with Crippen LogP contribution in [0, 0.1) is 0 Å². The molecule has 0 atom stereocenters. The fraction of sp³-hybridized carbons (Fsp3) is 0.360. The van der Waals surface area contributed by atoms with Crippen molar-refractivity contribution in [2.24, 2.45) is 0 Å². The molecule has 7 nitrogen and oxygen atoms in total. The standard InChI is InChI=1S/C25H31N3O4S/c1-5-14-28(15-6-2)25(30)22-17-26-23-13-12-20(16-21(23)24(22)29)33(31,32)27(4)19-10-8-18(7-3)9-11-19/h8-13,16-17H,5-7,14-15H2,1-4H3,(H,26,29). The molecule has 3 aromatic rings. The summed E-state index contributed by atoms with van der Waals surface area (Å²) >= 11 is 0. The van der Waals surface area contributed by atoms with Crippen molar-refractivity contribution in [3.63, 3.8) is 0 Å². The van der Waals surface area contributed by atoms with Crippen LogP contribution in [-0.4, -0.2) is 44.3 Å². The number of sulfonamides is 1. The van der Waals surface area contributed by atoms with Gasteiger partial charge in [0, 0.05) is 37.2 Å². The maximum atomic E-state index is 13.3. The molecule has 0 aliphatic carbocycles. The highest BCUT2D eigenvalue weighted by Crippen LogP contribution is 2.24. The first-order valence-corrected chi connectivity index (χ1v) is 12.7. The van der Waals surface area contributed by atoms with Gasteiger partial charge in [-0.2, -0.15) is 0 Å². The number of fused-ring (bicyclic) bond motifs is 1. The summed E-state index contributed by atoms with van der Waals surface area (Å²) in [6.07, 6.45) is 3.84. The predicted molar refractivity (Wildman–Crippen MR) is 132 cm³/mol. The summed E-state index contributed by atoms with van der Waals surface area (Å²) in [6, 6.07) is 11.7. The Morgan fingerprint density at radius 2 is 1.61 bits per heavy atom. The molecule has 8 heteroatoms. The van der Waals surface area contributed by atoms with Crippen LogP contribution in [0.15, 0.2) is 58.4 Å². The molecule has 0 fully saturated rings. The number of hydrogen-bond donors (Lipinski definition) is 1. The minimum absolute atomic E-state index is 0.00820. The number of benzene rings is 2. The number of H-pyrrole nitrogens is 1. The van der Waals surface area contributed by atoms with E-state index in [1.165, 1.54) is 29.7 Å². The number of amides is 1. The number of aromatic amines is 1. The van der Waals surface area contributed by atoms with Crippen LogP contribution < -0.4 is 9.73 Å². The molecule has 0 saturated heterocycles. The fourth-order valence-electron chi connectivity index (χ4n) is 3.78. The van der Waals surface area contributed by atoms with Gasteiger partial charge in [0.2, 0.25) is 5.43 Å². The molecule has 176 valence electrons. The summed E-state index contributed by atoms with van der Waals surface area (Å²) in [4.78, 5) is 30.8. The smallest absolute Gasteiger partial charge is 0.264 e. The normalized spacial score (nSPS) is 11.5. The van der Waals surface area contributed by atoms with Crippen molar-refractivity contribution >= 4 is 32.5 Å². The van der Waals surface area contributed by atoms with Crippen molar-refractivity contribution < 1.29 is 13.2 Å². The Morgan fingerprint density at radius 1 is 0.970 bits per heavy atom. The largest absolute Gasteiger partial charge is 0.360 e. The summed E-state index contributed by atoms with van der Waals surface area (Å²) in [7, 11) is -2.42. The van der Waals surface area contributed by atoms with Crippen LogP contribution in [0.3, 0.4) is 0 Å². The molecule has 0 spiro atoms.